The van der Waals surface area contributed by atoms with E-state index >= 15 is 0 Å². The molecule has 106 valence electrons. The van der Waals surface area contributed by atoms with E-state index in [1.807, 2.05) is 12.1 Å². The van der Waals surface area contributed by atoms with E-state index in [1.165, 1.54) is 17.7 Å². The van der Waals surface area contributed by atoms with E-state index in [0.29, 0.717) is 12.3 Å². The van der Waals surface area contributed by atoms with Crippen molar-refractivity contribution >= 4 is 18.3 Å². The molecule has 1 aliphatic heterocycles. The zero-order chi connectivity index (χ0) is 13.0. The predicted octanol–water partition coefficient (Wildman–Crippen LogP) is 2.30. The number of carbonyl (C=O) groups excluding carboxylic acids is 1. The number of halogens is 2. The van der Waals surface area contributed by atoms with E-state index in [1.54, 1.807) is 0 Å². The van der Waals surface area contributed by atoms with Crippen LogP contribution in [0.3, 0.4) is 0 Å². The van der Waals surface area contributed by atoms with Gasteiger partial charge in [0, 0.05) is 13.0 Å². The molecule has 1 aromatic rings. The van der Waals surface area contributed by atoms with Crippen LogP contribution in [0, 0.1) is 5.82 Å². The zero-order valence-electron chi connectivity index (χ0n) is 10.8. The van der Waals surface area contributed by atoms with Crippen molar-refractivity contribution in [2.75, 3.05) is 19.6 Å². The summed E-state index contributed by atoms with van der Waals surface area (Å²) >= 11 is 0. The average Bonchev–Trinajstić information content (AvgIpc) is 2.38. The van der Waals surface area contributed by atoms with Crippen molar-refractivity contribution in [2.24, 2.45) is 5.73 Å². The quantitative estimate of drug-likeness (QED) is 0.923. The number of hydrogen-bond donors (Lipinski definition) is 1. The molecule has 2 rings (SSSR count). The van der Waals surface area contributed by atoms with Gasteiger partial charge in [-0.3, -0.25) is 4.79 Å². The molecule has 0 bridgehead atoms. The van der Waals surface area contributed by atoms with Crippen molar-refractivity contribution in [1.29, 1.82) is 0 Å². The summed E-state index contributed by atoms with van der Waals surface area (Å²) in [6, 6.07) is 6.79. The first-order valence-corrected chi connectivity index (χ1v) is 6.41. The fraction of sp³-hybridized carbons (Fsp3) is 0.500. The highest BCUT2D eigenvalue weighted by atomic mass is 35.5. The molecular weight excluding hydrogens is 267 g/mol. The number of nitrogens with zero attached hydrogens (tertiary/aromatic N) is 1. The van der Waals surface area contributed by atoms with Crippen molar-refractivity contribution in [1.82, 2.24) is 4.90 Å². The monoisotopic (exact) mass is 286 g/mol. The lowest BCUT2D eigenvalue weighted by molar-refractivity contribution is -0.118. The van der Waals surface area contributed by atoms with E-state index in [2.05, 4.69) is 4.90 Å². The third kappa shape index (κ3) is 4.80. The van der Waals surface area contributed by atoms with Gasteiger partial charge < -0.3 is 10.6 Å². The van der Waals surface area contributed by atoms with Crippen molar-refractivity contribution in [2.45, 2.75) is 25.2 Å². The third-order valence-electron chi connectivity index (χ3n) is 3.60. The lowest BCUT2D eigenvalue weighted by Crippen LogP contribution is -2.35. The number of benzene rings is 1. The van der Waals surface area contributed by atoms with Gasteiger partial charge in [0.05, 0.1) is 0 Å². The fourth-order valence-electron chi connectivity index (χ4n) is 2.49. The first-order valence-electron chi connectivity index (χ1n) is 6.41. The summed E-state index contributed by atoms with van der Waals surface area (Å²) in [5, 5.41) is 0. The number of piperidine rings is 1. The van der Waals surface area contributed by atoms with Gasteiger partial charge in [0.2, 0.25) is 5.91 Å². The largest absolute Gasteiger partial charge is 0.370 e. The number of amides is 1. The first-order chi connectivity index (χ1) is 8.65. The van der Waals surface area contributed by atoms with Crippen LogP contribution in [0.4, 0.5) is 4.39 Å². The standard InChI is InChI=1S/C14H19FN2O.ClH/c15-13-3-1-11(2-4-13)12-5-8-17(9-6-12)10-7-14(16)18;/h1-4,12H,5-10H2,(H2,16,18);1H. The molecule has 0 aliphatic carbocycles. The van der Waals surface area contributed by atoms with Gasteiger partial charge in [0.15, 0.2) is 0 Å². The van der Waals surface area contributed by atoms with E-state index in [-0.39, 0.29) is 24.1 Å². The average molecular weight is 287 g/mol. The Bertz CT molecular complexity index is 402. The van der Waals surface area contributed by atoms with Crippen LogP contribution in [0.5, 0.6) is 0 Å². The second-order valence-electron chi connectivity index (χ2n) is 4.88. The molecule has 1 heterocycles. The van der Waals surface area contributed by atoms with Gasteiger partial charge in [-0.25, -0.2) is 4.39 Å². The summed E-state index contributed by atoms with van der Waals surface area (Å²) in [5.74, 6) is 0.0868. The second-order valence-corrected chi connectivity index (χ2v) is 4.88. The SMILES string of the molecule is Cl.NC(=O)CCN1CCC(c2ccc(F)cc2)CC1. The van der Waals surface area contributed by atoms with Crippen LogP contribution in [0.1, 0.15) is 30.7 Å². The number of primary amides is 1. The zero-order valence-corrected chi connectivity index (χ0v) is 11.7. The molecule has 0 unspecified atom stereocenters. The number of hydrogen-bond acceptors (Lipinski definition) is 2. The second kappa shape index (κ2) is 7.46. The molecule has 3 nitrogen and oxygen atoms in total. The summed E-state index contributed by atoms with van der Waals surface area (Å²) in [6.45, 7) is 2.72. The minimum atomic E-state index is -0.240. The maximum Gasteiger partial charge on any atom is 0.218 e. The Balaban J connectivity index is 0.00000180. The first kappa shape index (κ1) is 15.9. The summed E-state index contributed by atoms with van der Waals surface area (Å²) in [5.41, 5.74) is 6.35. The molecular formula is C14H20ClFN2O. The van der Waals surface area contributed by atoms with E-state index in [0.717, 1.165) is 32.5 Å². The summed E-state index contributed by atoms with van der Waals surface area (Å²) in [7, 11) is 0. The van der Waals surface area contributed by atoms with Crippen molar-refractivity contribution in [3.8, 4) is 0 Å². The number of nitrogens with two attached hydrogens (primary N) is 1. The molecule has 0 atom stereocenters. The predicted molar refractivity (Wildman–Crippen MR) is 75.9 cm³/mol. The molecule has 5 heteroatoms. The lowest BCUT2D eigenvalue weighted by Gasteiger charge is -2.31. The summed E-state index contributed by atoms with van der Waals surface area (Å²) in [4.78, 5) is 13.0. The van der Waals surface area contributed by atoms with Gasteiger partial charge >= 0.3 is 0 Å². The molecule has 19 heavy (non-hydrogen) atoms. The highest BCUT2D eigenvalue weighted by Gasteiger charge is 2.20. The molecule has 0 aromatic heterocycles. The number of likely N-dealkylation sites (tertiary alicyclic amines) is 1. The van der Waals surface area contributed by atoms with Crippen LogP contribution in [-0.2, 0) is 4.79 Å². The van der Waals surface area contributed by atoms with Gasteiger partial charge in [-0.1, -0.05) is 12.1 Å². The normalized spacial score (nSPS) is 16.9. The molecule has 0 saturated carbocycles. The van der Waals surface area contributed by atoms with E-state index < -0.39 is 0 Å². The molecule has 1 aromatic carbocycles. The van der Waals surface area contributed by atoms with Gasteiger partial charge in [0.25, 0.3) is 0 Å². The number of rotatable bonds is 4. The van der Waals surface area contributed by atoms with Gasteiger partial charge in [-0.2, -0.15) is 0 Å². The van der Waals surface area contributed by atoms with Gasteiger partial charge in [-0.15, -0.1) is 12.4 Å². The minimum Gasteiger partial charge on any atom is -0.370 e. The van der Waals surface area contributed by atoms with Crippen molar-refractivity contribution in [3.05, 3.63) is 35.6 Å². The van der Waals surface area contributed by atoms with Crippen molar-refractivity contribution < 1.29 is 9.18 Å². The highest BCUT2D eigenvalue weighted by Crippen LogP contribution is 2.27. The van der Waals surface area contributed by atoms with E-state index in [9.17, 15) is 9.18 Å². The summed E-state index contributed by atoms with van der Waals surface area (Å²) < 4.78 is 12.8. The van der Waals surface area contributed by atoms with Crippen LogP contribution < -0.4 is 5.73 Å². The smallest absolute Gasteiger partial charge is 0.218 e. The Hall–Kier alpha value is -1.13. The summed E-state index contributed by atoms with van der Waals surface area (Å²) in [6.07, 6.45) is 2.55. The maximum atomic E-state index is 12.8. The van der Waals surface area contributed by atoms with Crippen LogP contribution in [0.15, 0.2) is 24.3 Å². The van der Waals surface area contributed by atoms with Gasteiger partial charge in [0.1, 0.15) is 5.82 Å². The molecule has 2 N–H and O–H groups in total. The third-order valence-corrected chi connectivity index (χ3v) is 3.60. The van der Waals surface area contributed by atoms with Gasteiger partial charge in [-0.05, 0) is 49.5 Å². The Morgan fingerprint density at radius 2 is 1.84 bits per heavy atom. The van der Waals surface area contributed by atoms with Crippen LogP contribution in [0.25, 0.3) is 0 Å². The molecule has 1 aliphatic rings. The maximum absolute atomic E-state index is 12.8. The fourth-order valence-corrected chi connectivity index (χ4v) is 2.49. The van der Waals surface area contributed by atoms with Crippen LogP contribution >= 0.6 is 12.4 Å². The Kier molecular flexibility index (Phi) is 6.25. The Morgan fingerprint density at radius 3 is 2.37 bits per heavy atom. The molecule has 1 saturated heterocycles. The molecule has 1 fully saturated rings. The molecule has 1 amide bonds. The molecule has 0 radical (unpaired) electrons. The van der Waals surface area contributed by atoms with Crippen molar-refractivity contribution in [3.63, 3.8) is 0 Å². The van der Waals surface area contributed by atoms with E-state index in [4.69, 9.17) is 5.73 Å². The topological polar surface area (TPSA) is 46.3 Å². The highest BCUT2D eigenvalue weighted by molar-refractivity contribution is 5.85. The Morgan fingerprint density at radius 1 is 1.26 bits per heavy atom. The molecule has 0 spiro atoms. The lowest BCUT2D eigenvalue weighted by atomic mass is 9.89. The number of carbonyl (C=O) groups is 1. The van der Waals surface area contributed by atoms with Crippen LogP contribution in [0.2, 0.25) is 0 Å². The Labute approximate surface area is 119 Å². The van der Waals surface area contributed by atoms with Crippen LogP contribution in [-0.4, -0.2) is 30.4 Å². The minimum absolute atomic E-state index is 0.